The normalized spacial score (nSPS) is 20.9. The molecule has 2 atom stereocenters. The lowest BCUT2D eigenvalue weighted by molar-refractivity contribution is -0.133. The van der Waals surface area contributed by atoms with Crippen LogP contribution in [0.25, 0.3) is 11.0 Å². The number of carboxylic acids is 1. The highest BCUT2D eigenvalue weighted by atomic mass is 32.2. The van der Waals surface area contributed by atoms with Gasteiger partial charge in [0.25, 0.3) is 0 Å². The van der Waals surface area contributed by atoms with Crippen LogP contribution in [0.3, 0.4) is 0 Å². The molecule has 4 nitrogen and oxygen atoms in total. The highest BCUT2D eigenvalue weighted by Gasteiger charge is 2.34. The predicted molar refractivity (Wildman–Crippen MR) is 75.3 cm³/mol. The molecule has 112 valence electrons. The molecule has 0 amide bonds. The van der Waals surface area contributed by atoms with Crippen molar-refractivity contribution in [1.82, 2.24) is 9.55 Å². The lowest BCUT2D eigenvalue weighted by atomic mass is 10.2. The van der Waals surface area contributed by atoms with Crippen molar-refractivity contribution in [2.75, 3.05) is 5.75 Å². The number of hydrogen-bond acceptors (Lipinski definition) is 3. The van der Waals surface area contributed by atoms with Crippen LogP contribution in [0, 0.1) is 23.5 Å². The smallest absolute Gasteiger partial charge is 0.313 e. The van der Waals surface area contributed by atoms with Crippen molar-refractivity contribution in [3.63, 3.8) is 0 Å². The fraction of sp³-hybridized carbons (Fsp3) is 0.429. The second kappa shape index (κ2) is 5.29. The first-order valence-corrected chi connectivity index (χ1v) is 7.64. The molecule has 0 saturated heterocycles. The van der Waals surface area contributed by atoms with Crippen LogP contribution in [-0.4, -0.2) is 26.4 Å². The molecule has 1 heterocycles. The average Bonchev–Trinajstić information content (AvgIpc) is 2.99. The van der Waals surface area contributed by atoms with E-state index in [0.29, 0.717) is 29.1 Å². The van der Waals surface area contributed by atoms with Crippen LogP contribution in [0.15, 0.2) is 17.3 Å². The van der Waals surface area contributed by atoms with Gasteiger partial charge in [0, 0.05) is 6.54 Å². The topological polar surface area (TPSA) is 55.1 Å². The number of benzene rings is 1. The molecule has 1 fully saturated rings. The van der Waals surface area contributed by atoms with Crippen molar-refractivity contribution >= 4 is 28.8 Å². The van der Waals surface area contributed by atoms with E-state index < -0.39 is 17.6 Å². The molecule has 0 spiro atoms. The molecule has 1 N–H and O–H groups in total. The molecule has 1 aromatic heterocycles. The Morgan fingerprint density at radius 3 is 2.86 bits per heavy atom. The number of rotatable bonds is 5. The van der Waals surface area contributed by atoms with Crippen LogP contribution in [-0.2, 0) is 11.3 Å². The van der Waals surface area contributed by atoms with E-state index in [4.69, 9.17) is 5.11 Å². The molecule has 1 aliphatic rings. The van der Waals surface area contributed by atoms with Crippen molar-refractivity contribution in [2.24, 2.45) is 11.8 Å². The van der Waals surface area contributed by atoms with Crippen LogP contribution < -0.4 is 0 Å². The molecule has 21 heavy (non-hydrogen) atoms. The van der Waals surface area contributed by atoms with Gasteiger partial charge in [0.05, 0.1) is 11.3 Å². The van der Waals surface area contributed by atoms with E-state index in [2.05, 4.69) is 11.9 Å². The van der Waals surface area contributed by atoms with Crippen LogP contribution in [0.1, 0.15) is 13.3 Å². The van der Waals surface area contributed by atoms with Gasteiger partial charge in [-0.15, -0.1) is 0 Å². The lowest BCUT2D eigenvalue weighted by Gasteiger charge is -2.08. The number of aromatic nitrogens is 2. The highest BCUT2D eigenvalue weighted by Crippen LogP contribution is 2.41. The number of nitrogens with zero attached hydrogens (tertiary/aromatic N) is 2. The summed E-state index contributed by atoms with van der Waals surface area (Å²) in [5, 5.41) is 9.21. The quantitative estimate of drug-likeness (QED) is 0.862. The van der Waals surface area contributed by atoms with Gasteiger partial charge < -0.3 is 9.67 Å². The van der Waals surface area contributed by atoms with Gasteiger partial charge in [-0.1, -0.05) is 18.7 Å². The first-order chi connectivity index (χ1) is 9.97. The molecule has 1 saturated carbocycles. The Bertz CT molecular complexity index is 717. The zero-order valence-electron chi connectivity index (χ0n) is 11.3. The Hall–Kier alpha value is -1.63. The van der Waals surface area contributed by atoms with E-state index in [1.54, 1.807) is 4.57 Å². The summed E-state index contributed by atoms with van der Waals surface area (Å²) in [4.78, 5) is 15.0. The number of halogens is 2. The minimum atomic E-state index is -0.968. The van der Waals surface area contributed by atoms with Crippen molar-refractivity contribution in [3.05, 3.63) is 23.8 Å². The molecule has 1 aliphatic carbocycles. The Labute approximate surface area is 124 Å². The maximum atomic E-state index is 14.1. The average molecular weight is 312 g/mol. The van der Waals surface area contributed by atoms with E-state index in [-0.39, 0.29) is 11.3 Å². The Kier molecular flexibility index (Phi) is 3.61. The van der Waals surface area contributed by atoms with Gasteiger partial charge in [0.15, 0.2) is 16.8 Å². The van der Waals surface area contributed by atoms with Gasteiger partial charge in [-0.25, -0.2) is 13.8 Å². The predicted octanol–water partition coefficient (Wildman–Crippen LogP) is 3.15. The number of thioether (sulfide) groups is 1. The third-order valence-corrected chi connectivity index (χ3v) is 4.74. The van der Waals surface area contributed by atoms with Gasteiger partial charge in [-0.05, 0) is 30.4 Å². The van der Waals surface area contributed by atoms with Crippen molar-refractivity contribution < 1.29 is 18.7 Å². The largest absolute Gasteiger partial charge is 0.481 e. The van der Waals surface area contributed by atoms with Crippen LogP contribution in [0.4, 0.5) is 8.78 Å². The van der Waals surface area contributed by atoms with Gasteiger partial charge in [0.2, 0.25) is 0 Å². The van der Waals surface area contributed by atoms with E-state index in [9.17, 15) is 13.6 Å². The lowest BCUT2D eigenvalue weighted by Crippen LogP contribution is -2.06. The molecule has 0 bridgehead atoms. The van der Waals surface area contributed by atoms with Gasteiger partial charge >= 0.3 is 5.97 Å². The minimum absolute atomic E-state index is 0.127. The zero-order valence-corrected chi connectivity index (χ0v) is 12.2. The second-order valence-corrected chi connectivity index (χ2v) is 6.33. The Balaban J connectivity index is 2.05. The number of imidazole rings is 1. The summed E-state index contributed by atoms with van der Waals surface area (Å²) < 4.78 is 29.2. The fourth-order valence-corrected chi connectivity index (χ4v) is 3.17. The maximum absolute atomic E-state index is 14.1. The monoisotopic (exact) mass is 312 g/mol. The van der Waals surface area contributed by atoms with Crippen molar-refractivity contribution in [3.8, 4) is 0 Å². The third kappa shape index (κ3) is 2.74. The number of aliphatic carboxylic acids is 1. The van der Waals surface area contributed by atoms with Gasteiger partial charge in [0.1, 0.15) is 5.52 Å². The zero-order chi connectivity index (χ0) is 15.1. The molecule has 2 aromatic rings. The molecule has 0 aliphatic heterocycles. The first-order valence-electron chi connectivity index (χ1n) is 6.66. The van der Waals surface area contributed by atoms with Crippen LogP contribution in [0.5, 0.6) is 0 Å². The molecule has 1 aromatic carbocycles. The number of carboxylic acid groups (broad SMARTS) is 1. The summed E-state index contributed by atoms with van der Waals surface area (Å²) in [6.45, 7) is 2.64. The molecule has 7 heteroatoms. The van der Waals surface area contributed by atoms with Crippen LogP contribution in [0.2, 0.25) is 0 Å². The van der Waals surface area contributed by atoms with Gasteiger partial charge in [-0.2, -0.15) is 0 Å². The number of hydrogen-bond donors (Lipinski definition) is 1. The summed E-state index contributed by atoms with van der Waals surface area (Å²) in [6, 6.07) is 2.46. The molecular formula is C14H14F2N2O2S. The highest BCUT2D eigenvalue weighted by molar-refractivity contribution is 7.99. The van der Waals surface area contributed by atoms with Crippen LogP contribution >= 0.6 is 11.8 Å². The molecule has 0 radical (unpaired) electrons. The summed E-state index contributed by atoms with van der Waals surface area (Å²) in [5.41, 5.74) is 0.483. The summed E-state index contributed by atoms with van der Waals surface area (Å²) in [6.07, 6.45) is 1.04. The van der Waals surface area contributed by atoms with Crippen molar-refractivity contribution in [1.29, 1.82) is 0 Å². The Morgan fingerprint density at radius 2 is 2.24 bits per heavy atom. The molecule has 2 unspecified atom stereocenters. The SMILES string of the molecule is CC1CC1Cn1c(SCC(=O)O)nc2ccc(F)c(F)c21. The number of carbonyl (C=O) groups is 1. The first kappa shape index (κ1) is 14.3. The van der Waals surface area contributed by atoms with Crippen molar-refractivity contribution in [2.45, 2.75) is 25.0 Å². The summed E-state index contributed by atoms with van der Waals surface area (Å²) >= 11 is 1.03. The van der Waals surface area contributed by atoms with Gasteiger partial charge in [-0.3, -0.25) is 4.79 Å². The minimum Gasteiger partial charge on any atom is -0.481 e. The number of fused-ring (bicyclic) bond motifs is 1. The summed E-state index contributed by atoms with van der Waals surface area (Å²) in [7, 11) is 0. The maximum Gasteiger partial charge on any atom is 0.313 e. The summed E-state index contributed by atoms with van der Waals surface area (Å²) in [5.74, 6) is -2.00. The second-order valence-electron chi connectivity index (χ2n) is 5.39. The van der Waals surface area contributed by atoms with E-state index in [1.807, 2.05) is 0 Å². The van der Waals surface area contributed by atoms with E-state index in [1.165, 1.54) is 6.07 Å². The van der Waals surface area contributed by atoms with E-state index in [0.717, 1.165) is 24.2 Å². The Morgan fingerprint density at radius 1 is 1.52 bits per heavy atom. The van der Waals surface area contributed by atoms with E-state index >= 15 is 0 Å². The molecular weight excluding hydrogens is 298 g/mol. The fourth-order valence-electron chi connectivity index (χ4n) is 2.43. The third-order valence-electron chi connectivity index (χ3n) is 3.78. The molecule has 3 rings (SSSR count). The standard InChI is InChI=1S/C14H14F2N2O2S/c1-7-4-8(7)5-18-13-10(3-2-9(15)12(13)16)17-14(18)21-6-11(19)20/h2-3,7-8H,4-6H2,1H3,(H,19,20).